The van der Waals surface area contributed by atoms with Crippen molar-refractivity contribution in [2.75, 3.05) is 12.4 Å². The van der Waals surface area contributed by atoms with E-state index in [0.717, 1.165) is 0 Å². The molecule has 0 saturated carbocycles. The summed E-state index contributed by atoms with van der Waals surface area (Å²) < 4.78 is 5.36. The van der Waals surface area contributed by atoms with Crippen LogP contribution in [-0.4, -0.2) is 34.1 Å². The Bertz CT molecular complexity index is 1330. The lowest BCUT2D eigenvalue weighted by Gasteiger charge is -2.17. The van der Waals surface area contributed by atoms with Gasteiger partial charge in [0.05, 0.1) is 29.7 Å². The number of carbonyl (C=O) groups is 1. The van der Waals surface area contributed by atoms with Crippen molar-refractivity contribution in [3.63, 3.8) is 0 Å². The summed E-state index contributed by atoms with van der Waals surface area (Å²) >= 11 is 0. The SMILES string of the molecule is COc1ccc2nc(-c3ccccc3)c(C(=O)O)c(Nc3cccc(/C(C)=N/O)c3)c2c1. The molecule has 1 aromatic heterocycles. The van der Waals surface area contributed by atoms with Crippen molar-refractivity contribution < 1.29 is 19.8 Å². The lowest BCUT2D eigenvalue weighted by Crippen LogP contribution is -2.08. The van der Waals surface area contributed by atoms with Crippen LogP contribution in [0.5, 0.6) is 5.75 Å². The van der Waals surface area contributed by atoms with Crippen LogP contribution < -0.4 is 10.1 Å². The third-order valence-electron chi connectivity index (χ3n) is 5.15. The third-order valence-corrected chi connectivity index (χ3v) is 5.15. The highest BCUT2D eigenvalue weighted by atomic mass is 16.5. The number of oxime groups is 1. The number of nitrogens with one attached hydrogen (secondary N) is 1. The number of carboxylic acid groups (broad SMARTS) is 1. The Kier molecular flexibility index (Phi) is 5.72. The van der Waals surface area contributed by atoms with Gasteiger partial charge in [-0.2, -0.15) is 0 Å². The maximum atomic E-state index is 12.5. The normalized spacial score (nSPS) is 11.4. The van der Waals surface area contributed by atoms with Gasteiger partial charge < -0.3 is 20.4 Å². The first-order valence-corrected chi connectivity index (χ1v) is 9.88. The molecule has 4 rings (SSSR count). The molecule has 0 atom stereocenters. The van der Waals surface area contributed by atoms with Crippen LogP contribution in [0.25, 0.3) is 22.2 Å². The lowest BCUT2D eigenvalue weighted by atomic mass is 10.00. The molecule has 0 amide bonds. The second-order valence-corrected chi connectivity index (χ2v) is 7.16. The number of hydrogen-bond acceptors (Lipinski definition) is 6. The minimum Gasteiger partial charge on any atom is -0.497 e. The minimum atomic E-state index is -1.10. The molecule has 1 heterocycles. The maximum absolute atomic E-state index is 12.5. The number of benzene rings is 3. The number of ether oxygens (including phenoxy) is 1. The highest BCUT2D eigenvalue weighted by molar-refractivity contribution is 6.10. The molecular weight excluding hydrogens is 406 g/mol. The standard InChI is InChI=1S/C25H21N3O4/c1-15(28-31)17-9-6-10-18(13-17)26-24-20-14-19(32-2)11-12-21(20)27-23(22(24)25(29)30)16-7-4-3-5-8-16/h3-14,31H,1-2H3,(H,26,27)(H,29,30)/b28-15+. The highest BCUT2D eigenvalue weighted by Gasteiger charge is 2.22. The number of hydrogen-bond donors (Lipinski definition) is 3. The Hall–Kier alpha value is -4.39. The van der Waals surface area contributed by atoms with Gasteiger partial charge in [0.15, 0.2) is 0 Å². The fourth-order valence-electron chi connectivity index (χ4n) is 3.54. The molecule has 0 unspecified atom stereocenters. The molecule has 7 heteroatoms. The number of methoxy groups -OCH3 is 1. The summed E-state index contributed by atoms with van der Waals surface area (Å²) in [5.41, 5.74) is 3.92. The Morgan fingerprint density at radius 2 is 1.81 bits per heavy atom. The molecular formula is C25H21N3O4. The largest absolute Gasteiger partial charge is 0.497 e. The Morgan fingerprint density at radius 1 is 1.03 bits per heavy atom. The van der Waals surface area contributed by atoms with Crippen LogP contribution in [0.4, 0.5) is 11.4 Å². The molecule has 32 heavy (non-hydrogen) atoms. The Morgan fingerprint density at radius 3 is 2.50 bits per heavy atom. The fourth-order valence-corrected chi connectivity index (χ4v) is 3.54. The van der Waals surface area contributed by atoms with E-state index in [0.29, 0.717) is 50.6 Å². The quantitative estimate of drug-likeness (QED) is 0.212. The monoisotopic (exact) mass is 427 g/mol. The number of nitrogens with zero attached hydrogens (tertiary/aromatic N) is 2. The molecule has 3 N–H and O–H groups in total. The van der Waals surface area contributed by atoms with E-state index >= 15 is 0 Å². The molecule has 3 aromatic carbocycles. The van der Waals surface area contributed by atoms with Crippen LogP contribution in [0.15, 0.2) is 78.0 Å². The predicted octanol–water partition coefficient (Wildman–Crippen LogP) is 5.55. The van der Waals surface area contributed by atoms with E-state index in [9.17, 15) is 9.90 Å². The smallest absolute Gasteiger partial charge is 0.340 e. The molecule has 0 spiro atoms. The topological polar surface area (TPSA) is 104 Å². The van der Waals surface area contributed by atoms with E-state index in [1.807, 2.05) is 36.4 Å². The molecule has 0 aliphatic heterocycles. The number of carboxylic acids is 1. The summed E-state index contributed by atoms with van der Waals surface area (Å²) in [6.07, 6.45) is 0. The van der Waals surface area contributed by atoms with Crippen LogP contribution in [0.1, 0.15) is 22.8 Å². The predicted molar refractivity (Wildman–Crippen MR) is 124 cm³/mol. The number of fused-ring (bicyclic) bond motifs is 1. The van der Waals surface area contributed by atoms with Gasteiger partial charge in [-0.25, -0.2) is 9.78 Å². The Labute approximate surface area is 184 Å². The summed E-state index contributed by atoms with van der Waals surface area (Å²) in [6.45, 7) is 1.68. The van der Waals surface area contributed by atoms with Crippen LogP contribution in [0.3, 0.4) is 0 Å². The number of aromatic carboxylic acids is 1. The van der Waals surface area contributed by atoms with Crippen molar-refractivity contribution in [2.45, 2.75) is 6.92 Å². The van der Waals surface area contributed by atoms with Gasteiger partial charge in [0.25, 0.3) is 0 Å². The molecule has 7 nitrogen and oxygen atoms in total. The fraction of sp³-hybridized carbons (Fsp3) is 0.0800. The number of rotatable bonds is 6. The highest BCUT2D eigenvalue weighted by Crippen LogP contribution is 2.37. The van der Waals surface area contributed by atoms with Gasteiger partial charge in [0, 0.05) is 22.2 Å². The molecule has 0 aliphatic rings. The first-order chi connectivity index (χ1) is 15.5. The van der Waals surface area contributed by atoms with Crippen molar-refractivity contribution in [1.82, 2.24) is 4.98 Å². The van der Waals surface area contributed by atoms with E-state index in [1.165, 1.54) is 0 Å². The van der Waals surface area contributed by atoms with Crippen LogP contribution in [-0.2, 0) is 0 Å². The minimum absolute atomic E-state index is 0.0508. The van der Waals surface area contributed by atoms with E-state index < -0.39 is 5.97 Å². The second-order valence-electron chi connectivity index (χ2n) is 7.16. The zero-order valence-corrected chi connectivity index (χ0v) is 17.5. The summed E-state index contributed by atoms with van der Waals surface area (Å²) in [7, 11) is 1.55. The van der Waals surface area contributed by atoms with Gasteiger partial charge in [0.2, 0.25) is 0 Å². The van der Waals surface area contributed by atoms with Crippen molar-refractivity contribution in [3.05, 3.63) is 83.9 Å². The lowest BCUT2D eigenvalue weighted by molar-refractivity contribution is 0.0698. The average molecular weight is 427 g/mol. The van der Waals surface area contributed by atoms with Crippen molar-refractivity contribution in [1.29, 1.82) is 0 Å². The van der Waals surface area contributed by atoms with Crippen molar-refractivity contribution >= 4 is 34.0 Å². The molecule has 4 aromatic rings. The van der Waals surface area contributed by atoms with E-state index in [2.05, 4.69) is 15.5 Å². The first kappa shape index (κ1) is 20.9. The molecule has 0 aliphatic carbocycles. The molecule has 160 valence electrons. The summed E-state index contributed by atoms with van der Waals surface area (Å²) in [6, 6.07) is 21.8. The van der Waals surface area contributed by atoms with E-state index in [1.54, 1.807) is 50.4 Å². The first-order valence-electron chi connectivity index (χ1n) is 9.88. The van der Waals surface area contributed by atoms with Crippen LogP contribution in [0, 0.1) is 0 Å². The van der Waals surface area contributed by atoms with Gasteiger partial charge in [-0.05, 0) is 37.3 Å². The van der Waals surface area contributed by atoms with E-state index in [4.69, 9.17) is 9.94 Å². The molecule has 0 saturated heterocycles. The van der Waals surface area contributed by atoms with Gasteiger partial charge in [-0.15, -0.1) is 0 Å². The third kappa shape index (κ3) is 3.96. The maximum Gasteiger partial charge on any atom is 0.340 e. The Balaban J connectivity index is 2.00. The summed E-state index contributed by atoms with van der Waals surface area (Å²) in [5.74, 6) is -0.518. The molecule has 0 bridgehead atoms. The number of aromatic nitrogens is 1. The zero-order valence-electron chi connectivity index (χ0n) is 17.5. The van der Waals surface area contributed by atoms with E-state index in [-0.39, 0.29) is 5.56 Å². The summed E-state index contributed by atoms with van der Waals surface area (Å²) in [5, 5.41) is 26.4. The van der Waals surface area contributed by atoms with Gasteiger partial charge in [-0.3, -0.25) is 0 Å². The molecule has 0 fully saturated rings. The van der Waals surface area contributed by atoms with Crippen LogP contribution >= 0.6 is 0 Å². The van der Waals surface area contributed by atoms with Crippen LogP contribution in [0.2, 0.25) is 0 Å². The van der Waals surface area contributed by atoms with Crippen molar-refractivity contribution in [2.24, 2.45) is 5.16 Å². The zero-order chi connectivity index (χ0) is 22.7. The summed E-state index contributed by atoms with van der Waals surface area (Å²) in [4.78, 5) is 17.1. The van der Waals surface area contributed by atoms with Gasteiger partial charge >= 0.3 is 5.97 Å². The number of pyridine rings is 1. The average Bonchev–Trinajstić information content (AvgIpc) is 2.83. The number of anilines is 2. The molecule has 0 radical (unpaired) electrons. The van der Waals surface area contributed by atoms with Crippen molar-refractivity contribution in [3.8, 4) is 17.0 Å². The second kappa shape index (κ2) is 8.77. The van der Waals surface area contributed by atoms with Gasteiger partial charge in [-0.1, -0.05) is 47.6 Å². The van der Waals surface area contributed by atoms with Gasteiger partial charge in [0.1, 0.15) is 11.3 Å².